The number of rotatable bonds is 21. The Morgan fingerprint density at radius 2 is 1.18 bits per heavy atom. The summed E-state index contributed by atoms with van der Waals surface area (Å²) in [6, 6.07) is 25.5. The van der Waals surface area contributed by atoms with E-state index in [2.05, 4.69) is 0 Å². The Kier molecular flexibility index (Phi) is 16.6. The molecule has 0 radical (unpaired) electrons. The number of halogens is 1. The topological polar surface area (TPSA) is 199 Å². The first-order valence-electron chi connectivity index (χ1n) is 23.0. The van der Waals surface area contributed by atoms with E-state index in [1.807, 2.05) is 45.0 Å². The molecular weight excluding hydrogens is 936 g/mol. The molecule has 0 saturated carbocycles. The van der Waals surface area contributed by atoms with Crippen LogP contribution < -0.4 is 23.7 Å². The quantitative estimate of drug-likeness (QED) is 0.0291. The summed E-state index contributed by atoms with van der Waals surface area (Å²) in [6.45, 7) is 6.41. The molecule has 0 fully saturated rings. The number of nitro groups is 2. The van der Waals surface area contributed by atoms with Crippen LogP contribution in [-0.4, -0.2) is 83.6 Å². The number of hydrogen-bond acceptors (Lipinski definition) is 13. The van der Waals surface area contributed by atoms with Gasteiger partial charge in [-0.25, -0.2) is 4.79 Å². The molecule has 0 bridgehead atoms. The van der Waals surface area contributed by atoms with Crippen LogP contribution in [0.2, 0.25) is 5.02 Å². The highest BCUT2D eigenvalue weighted by atomic mass is 35.5. The van der Waals surface area contributed by atoms with Gasteiger partial charge in [-0.15, -0.1) is 0 Å². The van der Waals surface area contributed by atoms with Gasteiger partial charge in [-0.3, -0.25) is 34.7 Å². The number of carbonyl (C=O) groups is 3. The minimum Gasteiger partial charge on any atom is -0.494 e. The lowest BCUT2D eigenvalue weighted by atomic mass is 10.0. The molecule has 18 heteroatoms. The van der Waals surface area contributed by atoms with Crippen LogP contribution in [0.3, 0.4) is 0 Å². The van der Waals surface area contributed by atoms with Crippen molar-refractivity contribution in [2.24, 2.45) is 0 Å². The number of benzene rings is 5. The standard InChI is InChI=1S/C53H53ClN4O13/c1-6-68-41-20-16-37(17-21-41)39-25-46(53(61)67-5)56(31-39)52(60)43-27-48(71-32-35-12-18-40(54)19-13-35)50(29-45(43)58(64)65)70-23-9-7-8-22-69-49-28-44(57(62)63)42(26-47(49)66-4)51(59)55-30-38(24-34(55)3)36-14-10-33(2)11-15-36/h10-21,26-31,34,46H,6-9,22-25,32H2,1-5H3/t34-,46+/m1/s1. The van der Waals surface area contributed by atoms with Crippen molar-refractivity contribution in [1.82, 2.24) is 9.80 Å². The molecule has 71 heavy (non-hydrogen) atoms. The van der Waals surface area contributed by atoms with Gasteiger partial charge in [0.15, 0.2) is 23.0 Å². The van der Waals surface area contributed by atoms with Gasteiger partial charge in [-0.05, 0) is 98.6 Å². The van der Waals surface area contributed by atoms with E-state index in [1.54, 1.807) is 54.7 Å². The van der Waals surface area contributed by atoms with Crippen molar-refractivity contribution in [2.75, 3.05) is 34.0 Å². The number of esters is 1. The zero-order chi connectivity index (χ0) is 50.8. The van der Waals surface area contributed by atoms with Crippen molar-refractivity contribution < 1.29 is 52.7 Å². The zero-order valence-electron chi connectivity index (χ0n) is 39.9. The van der Waals surface area contributed by atoms with Gasteiger partial charge >= 0.3 is 5.97 Å². The third-order valence-electron chi connectivity index (χ3n) is 12.0. The summed E-state index contributed by atoms with van der Waals surface area (Å²) in [4.78, 5) is 67.6. The molecule has 2 heterocycles. The van der Waals surface area contributed by atoms with E-state index in [4.69, 9.17) is 40.0 Å². The SMILES string of the molecule is CCOc1ccc(C2=CN(C(=O)c3cc(OCc4ccc(Cl)cc4)c(OCCCCCOc4cc([N+](=O)[O-])c(C(=O)N5C=C(c6ccc(C)cc6)C[C@H]5C)cc4OC)cc3[N+](=O)[O-])[C@H](C(=O)OC)C2)cc1. The molecule has 370 valence electrons. The average Bonchev–Trinajstić information content (AvgIpc) is 4.00. The van der Waals surface area contributed by atoms with Crippen molar-refractivity contribution in [3.63, 3.8) is 0 Å². The monoisotopic (exact) mass is 988 g/mol. The maximum atomic E-state index is 14.4. The van der Waals surface area contributed by atoms with E-state index in [9.17, 15) is 34.6 Å². The number of aryl methyl sites for hydroxylation is 1. The highest BCUT2D eigenvalue weighted by Gasteiger charge is 2.39. The third kappa shape index (κ3) is 12.1. The fraction of sp³-hybridized carbons (Fsp3) is 0.302. The maximum absolute atomic E-state index is 14.4. The molecule has 5 aromatic rings. The number of nitrogens with zero attached hydrogens (tertiary/aromatic N) is 4. The lowest BCUT2D eigenvalue weighted by Crippen LogP contribution is -2.39. The fourth-order valence-corrected chi connectivity index (χ4v) is 8.39. The fourth-order valence-electron chi connectivity index (χ4n) is 8.26. The first kappa shape index (κ1) is 50.9. The van der Waals surface area contributed by atoms with E-state index in [0.29, 0.717) is 54.2 Å². The van der Waals surface area contributed by atoms with E-state index in [-0.39, 0.29) is 66.4 Å². The lowest BCUT2D eigenvalue weighted by Gasteiger charge is -2.22. The summed E-state index contributed by atoms with van der Waals surface area (Å²) in [7, 11) is 2.59. The van der Waals surface area contributed by atoms with Crippen LogP contribution in [0.5, 0.6) is 28.7 Å². The molecule has 17 nitrogen and oxygen atoms in total. The van der Waals surface area contributed by atoms with Crippen LogP contribution in [-0.2, 0) is 16.1 Å². The van der Waals surface area contributed by atoms with Gasteiger partial charge in [0.05, 0.1) is 56.0 Å². The molecule has 7 rings (SSSR count). The molecule has 2 amide bonds. The van der Waals surface area contributed by atoms with Crippen molar-refractivity contribution in [3.05, 3.63) is 168 Å². The van der Waals surface area contributed by atoms with Gasteiger partial charge in [-0.2, -0.15) is 0 Å². The van der Waals surface area contributed by atoms with Crippen LogP contribution in [0.4, 0.5) is 11.4 Å². The Morgan fingerprint density at radius 1 is 0.662 bits per heavy atom. The summed E-state index contributed by atoms with van der Waals surface area (Å²) in [5.41, 5.74) is 3.62. The van der Waals surface area contributed by atoms with Crippen LogP contribution in [0.25, 0.3) is 11.1 Å². The van der Waals surface area contributed by atoms with E-state index >= 15 is 0 Å². The summed E-state index contributed by atoms with van der Waals surface area (Å²) < 4.78 is 34.3. The minimum atomic E-state index is -1.10. The Hall–Kier alpha value is -7.92. The first-order valence-corrected chi connectivity index (χ1v) is 23.3. The highest BCUT2D eigenvalue weighted by Crippen LogP contribution is 2.41. The Balaban J connectivity index is 1.04. The van der Waals surface area contributed by atoms with Crippen molar-refractivity contribution in [2.45, 2.75) is 71.6 Å². The number of nitro benzene ring substituents is 2. The van der Waals surface area contributed by atoms with Crippen molar-refractivity contribution in [3.8, 4) is 28.7 Å². The van der Waals surface area contributed by atoms with Gasteiger partial charge in [0, 0.05) is 42.0 Å². The summed E-state index contributed by atoms with van der Waals surface area (Å²) in [5.74, 6) is -1.13. The third-order valence-corrected chi connectivity index (χ3v) is 12.3. The number of ether oxygens (including phenoxy) is 6. The number of carbonyl (C=O) groups excluding carboxylic acids is 3. The van der Waals surface area contributed by atoms with Gasteiger partial charge in [0.1, 0.15) is 29.5 Å². The van der Waals surface area contributed by atoms with Crippen LogP contribution in [0, 0.1) is 27.2 Å². The van der Waals surface area contributed by atoms with Crippen molar-refractivity contribution >= 4 is 51.9 Å². The molecule has 0 N–H and O–H groups in total. The largest absolute Gasteiger partial charge is 0.494 e. The Morgan fingerprint density at radius 3 is 1.75 bits per heavy atom. The van der Waals surface area contributed by atoms with Crippen LogP contribution in [0.1, 0.15) is 88.9 Å². The second-order valence-corrected chi connectivity index (χ2v) is 17.3. The second kappa shape index (κ2) is 23.1. The van der Waals surface area contributed by atoms with Crippen molar-refractivity contribution in [1.29, 1.82) is 0 Å². The van der Waals surface area contributed by atoms with Gasteiger partial charge < -0.3 is 33.3 Å². The Labute approximate surface area is 415 Å². The minimum absolute atomic E-state index is 0.00638. The highest BCUT2D eigenvalue weighted by molar-refractivity contribution is 6.30. The van der Waals surface area contributed by atoms with Gasteiger partial charge in [0.25, 0.3) is 23.2 Å². The van der Waals surface area contributed by atoms with Crippen LogP contribution >= 0.6 is 11.6 Å². The smallest absolute Gasteiger partial charge is 0.329 e. The summed E-state index contributed by atoms with van der Waals surface area (Å²) >= 11 is 6.10. The molecule has 0 unspecified atom stereocenters. The molecule has 0 aliphatic carbocycles. The number of methoxy groups -OCH3 is 2. The van der Waals surface area contributed by atoms with Crippen LogP contribution in [0.15, 0.2) is 109 Å². The molecule has 5 aromatic carbocycles. The molecule has 2 atom stereocenters. The normalized spacial score (nSPS) is 15.1. The number of amides is 2. The van der Waals surface area contributed by atoms with E-state index in [1.165, 1.54) is 43.5 Å². The molecular formula is C53H53ClN4O13. The summed E-state index contributed by atoms with van der Waals surface area (Å²) in [6.07, 6.45) is 5.37. The van der Waals surface area contributed by atoms with E-state index in [0.717, 1.165) is 33.2 Å². The molecule has 0 spiro atoms. The van der Waals surface area contributed by atoms with Gasteiger partial charge in [0.2, 0.25) is 0 Å². The summed E-state index contributed by atoms with van der Waals surface area (Å²) in [5, 5.41) is 25.5. The molecule has 2 aliphatic heterocycles. The maximum Gasteiger partial charge on any atom is 0.329 e. The molecule has 0 saturated heterocycles. The number of unbranched alkanes of at least 4 members (excludes halogenated alkanes) is 2. The Bertz CT molecular complexity index is 2850. The van der Waals surface area contributed by atoms with E-state index < -0.39 is 45.0 Å². The number of hydrogen-bond donors (Lipinski definition) is 0. The first-order chi connectivity index (χ1) is 34.2. The predicted molar refractivity (Wildman–Crippen MR) is 265 cm³/mol. The predicted octanol–water partition coefficient (Wildman–Crippen LogP) is 10.8. The average molecular weight is 989 g/mol. The lowest BCUT2D eigenvalue weighted by molar-refractivity contribution is -0.385. The zero-order valence-corrected chi connectivity index (χ0v) is 40.6. The molecule has 0 aromatic heterocycles. The van der Waals surface area contributed by atoms with Gasteiger partial charge in [-0.1, -0.05) is 65.7 Å². The second-order valence-electron chi connectivity index (χ2n) is 16.9. The molecule has 2 aliphatic rings.